The second-order valence-corrected chi connectivity index (χ2v) is 5.00. The molecule has 94 valence electrons. The highest BCUT2D eigenvalue weighted by Crippen LogP contribution is 2.23. The van der Waals surface area contributed by atoms with E-state index < -0.39 is 0 Å². The number of pyridine rings is 1. The molecule has 1 fully saturated rings. The summed E-state index contributed by atoms with van der Waals surface area (Å²) < 4.78 is 5.76. The van der Waals surface area contributed by atoms with Crippen LogP contribution in [-0.4, -0.2) is 35.0 Å². The molecule has 1 aliphatic rings. The number of carbonyl (C=O) groups is 1. The summed E-state index contributed by atoms with van der Waals surface area (Å²) in [5.74, 6) is 4.54. The summed E-state index contributed by atoms with van der Waals surface area (Å²) in [6, 6.07) is 3.40. The molecule has 1 N–H and O–H groups in total. The van der Waals surface area contributed by atoms with Crippen molar-refractivity contribution >= 4 is 17.7 Å². The summed E-state index contributed by atoms with van der Waals surface area (Å²) in [4.78, 5) is 16.0. The van der Waals surface area contributed by atoms with Gasteiger partial charge < -0.3 is 10.1 Å². The van der Waals surface area contributed by atoms with Crippen molar-refractivity contribution in [1.82, 2.24) is 10.3 Å². The normalized spacial score (nSPS) is 18.1. The monoisotopic (exact) mass is 262 g/mol. The Morgan fingerprint density at radius 3 is 3.33 bits per heavy atom. The van der Waals surface area contributed by atoms with Crippen LogP contribution < -0.4 is 10.1 Å². The van der Waals surface area contributed by atoms with E-state index >= 15 is 0 Å². The topological polar surface area (TPSA) is 51.2 Å². The Hall–Kier alpha value is -1.67. The van der Waals surface area contributed by atoms with Crippen molar-refractivity contribution in [2.45, 2.75) is 12.5 Å². The Kier molecular flexibility index (Phi) is 4.48. The number of nitrogens with zero attached hydrogens (tertiary/aromatic N) is 1. The van der Waals surface area contributed by atoms with Gasteiger partial charge >= 0.3 is 0 Å². The fourth-order valence-electron chi connectivity index (χ4n) is 1.65. The lowest BCUT2D eigenvalue weighted by molar-refractivity contribution is 0.0951. The molecule has 0 aliphatic carbocycles. The van der Waals surface area contributed by atoms with Crippen molar-refractivity contribution in [3.8, 4) is 18.2 Å². The van der Waals surface area contributed by atoms with Crippen molar-refractivity contribution in [2.24, 2.45) is 0 Å². The summed E-state index contributed by atoms with van der Waals surface area (Å²) in [6.07, 6.45) is 7.87. The van der Waals surface area contributed by atoms with Gasteiger partial charge in [0.25, 0.3) is 5.91 Å². The standard InChI is InChI=1S/C13H14N2O2S/c1-2-6-14-12(16)11-4-3-7-15-13(11)17-10-5-8-18-9-10/h1,3-4,7,10H,5-6,8-9H2,(H,14,16)/t10-/m0/s1. The minimum absolute atomic E-state index is 0.143. The summed E-state index contributed by atoms with van der Waals surface area (Å²) in [6.45, 7) is 0.201. The van der Waals surface area contributed by atoms with Crippen molar-refractivity contribution in [1.29, 1.82) is 0 Å². The second kappa shape index (κ2) is 6.31. The maximum atomic E-state index is 11.9. The van der Waals surface area contributed by atoms with E-state index in [2.05, 4.69) is 16.2 Å². The lowest BCUT2D eigenvalue weighted by atomic mass is 10.2. The smallest absolute Gasteiger partial charge is 0.257 e. The van der Waals surface area contributed by atoms with E-state index in [-0.39, 0.29) is 18.6 Å². The largest absolute Gasteiger partial charge is 0.473 e. The van der Waals surface area contributed by atoms with Gasteiger partial charge in [0.1, 0.15) is 11.7 Å². The van der Waals surface area contributed by atoms with Gasteiger partial charge in [0.15, 0.2) is 0 Å². The first-order valence-electron chi connectivity index (χ1n) is 5.72. The molecule has 0 bridgehead atoms. The molecule has 2 rings (SSSR count). The zero-order valence-electron chi connectivity index (χ0n) is 9.89. The average Bonchev–Trinajstić information content (AvgIpc) is 2.89. The molecule has 0 spiro atoms. The third kappa shape index (κ3) is 3.17. The van der Waals surface area contributed by atoms with Crippen molar-refractivity contribution in [2.75, 3.05) is 18.1 Å². The minimum Gasteiger partial charge on any atom is -0.473 e. The Bertz CT molecular complexity index is 464. The average molecular weight is 262 g/mol. The Morgan fingerprint density at radius 1 is 1.72 bits per heavy atom. The molecule has 0 radical (unpaired) electrons. The molecule has 0 saturated carbocycles. The van der Waals surface area contributed by atoms with Crippen molar-refractivity contribution < 1.29 is 9.53 Å². The van der Waals surface area contributed by atoms with Gasteiger partial charge in [-0.25, -0.2) is 4.98 Å². The first-order valence-corrected chi connectivity index (χ1v) is 6.88. The lowest BCUT2D eigenvalue weighted by Gasteiger charge is -2.14. The van der Waals surface area contributed by atoms with Crippen molar-refractivity contribution in [3.63, 3.8) is 0 Å². The van der Waals surface area contributed by atoms with Crippen LogP contribution in [0, 0.1) is 12.3 Å². The molecule has 0 unspecified atom stereocenters. The Balaban J connectivity index is 2.09. The molecular formula is C13H14N2O2S. The van der Waals surface area contributed by atoms with Gasteiger partial charge in [-0.3, -0.25) is 4.79 Å². The SMILES string of the molecule is C#CCNC(=O)c1cccnc1O[C@H]1CCSC1. The highest BCUT2D eigenvalue weighted by molar-refractivity contribution is 7.99. The Labute approximate surface area is 111 Å². The van der Waals surface area contributed by atoms with E-state index in [1.807, 2.05) is 11.8 Å². The number of hydrogen-bond donors (Lipinski definition) is 1. The van der Waals surface area contributed by atoms with Crippen LogP contribution in [0.2, 0.25) is 0 Å². The molecule has 5 heteroatoms. The van der Waals surface area contributed by atoms with Gasteiger partial charge in [-0.05, 0) is 24.3 Å². The maximum absolute atomic E-state index is 11.9. The third-order valence-corrected chi connectivity index (χ3v) is 3.66. The van der Waals surface area contributed by atoms with Gasteiger partial charge in [-0.2, -0.15) is 11.8 Å². The van der Waals surface area contributed by atoms with Gasteiger partial charge in [-0.1, -0.05) is 5.92 Å². The zero-order chi connectivity index (χ0) is 12.8. The van der Waals surface area contributed by atoms with E-state index in [4.69, 9.17) is 11.2 Å². The number of aromatic nitrogens is 1. The van der Waals surface area contributed by atoms with Crippen LogP contribution in [-0.2, 0) is 0 Å². The third-order valence-electron chi connectivity index (χ3n) is 2.53. The lowest BCUT2D eigenvalue weighted by Crippen LogP contribution is -2.25. The number of thioether (sulfide) groups is 1. The van der Waals surface area contributed by atoms with Gasteiger partial charge in [0, 0.05) is 11.9 Å². The molecule has 1 saturated heterocycles. The predicted molar refractivity (Wildman–Crippen MR) is 71.8 cm³/mol. The van der Waals surface area contributed by atoms with Crippen LogP contribution in [0.3, 0.4) is 0 Å². The number of rotatable bonds is 4. The van der Waals surface area contributed by atoms with Crippen LogP contribution in [0.15, 0.2) is 18.3 Å². The fraction of sp³-hybridized carbons (Fsp3) is 0.385. The second-order valence-electron chi connectivity index (χ2n) is 3.85. The molecule has 1 atom stereocenters. The minimum atomic E-state index is -0.248. The van der Waals surface area contributed by atoms with Crippen LogP contribution in [0.5, 0.6) is 5.88 Å². The summed E-state index contributed by atoms with van der Waals surface area (Å²) >= 11 is 1.85. The quantitative estimate of drug-likeness (QED) is 0.832. The predicted octanol–water partition coefficient (Wildman–Crippen LogP) is 1.33. The fourth-order valence-corrected chi connectivity index (χ4v) is 2.74. The first kappa shape index (κ1) is 12.8. The molecule has 0 aromatic carbocycles. The van der Waals surface area contributed by atoms with E-state index in [1.165, 1.54) is 0 Å². The van der Waals surface area contributed by atoms with Crippen LogP contribution in [0.4, 0.5) is 0 Å². The highest BCUT2D eigenvalue weighted by Gasteiger charge is 2.21. The van der Waals surface area contributed by atoms with Crippen LogP contribution in [0.1, 0.15) is 16.8 Å². The molecule has 1 aromatic heterocycles. The molecular weight excluding hydrogens is 248 g/mol. The van der Waals surface area contributed by atoms with Gasteiger partial charge in [0.05, 0.1) is 6.54 Å². The number of hydrogen-bond acceptors (Lipinski definition) is 4. The maximum Gasteiger partial charge on any atom is 0.257 e. The molecule has 1 amide bonds. The van der Waals surface area contributed by atoms with Crippen LogP contribution >= 0.6 is 11.8 Å². The van der Waals surface area contributed by atoms with Crippen LogP contribution in [0.25, 0.3) is 0 Å². The summed E-state index contributed by atoms with van der Waals surface area (Å²) in [5.41, 5.74) is 0.435. The summed E-state index contributed by atoms with van der Waals surface area (Å²) in [5, 5.41) is 2.61. The van der Waals surface area contributed by atoms with E-state index in [9.17, 15) is 4.79 Å². The molecule has 1 aromatic rings. The molecule has 2 heterocycles. The Morgan fingerprint density at radius 2 is 2.61 bits per heavy atom. The van der Waals surface area contributed by atoms with Gasteiger partial charge in [-0.15, -0.1) is 6.42 Å². The number of carbonyl (C=O) groups excluding carboxylic acids is 1. The summed E-state index contributed by atoms with van der Waals surface area (Å²) in [7, 11) is 0. The first-order chi connectivity index (χ1) is 8.81. The van der Waals surface area contributed by atoms with Crippen molar-refractivity contribution in [3.05, 3.63) is 23.9 Å². The number of nitrogens with one attached hydrogen (secondary N) is 1. The van der Waals surface area contributed by atoms with E-state index in [1.54, 1.807) is 18.3 Å². The molecule has 1 aliphatic heterocycles. The zero-order valence-corrected chi connectivity index (χ0v) is 10.7. The van der Waals surface area contributed by atoms with Gasteiger partial charge in [0.2, 0.25) is 5.88 Å². The van der Waals surface area contributed by atoms with E-state index in [0.29, 0.717) is 11.4 Å². The number of terminal acetylenes is 1. The molecule has 4 nitrogen and oxygen atoms in total. The number of amides is 1. The highest BCUT2D eigenvalue weighted by atomic mass is 32.2. The molecule has 18 heavy (non-hydrogen) atoms. The van der Waals surface area contributed by atoms with E-state index in [0.717, 1.165) is 17.9 Å². The number of ether oxygens (including phenoxy) is 1.